The van der Waals surface area contributed by atoms with Gasteiger partial charge in [0.25, 0.3) is 5.89 Å². The Kier molecular flexibility index (Phi) is 4.45. The van der Waals surface area contributed by atoms with Crippen LogP contribution in [-0.2, 0) is 6.61 Å². The lowest BCUT2D eigenvalue weighted by molar-refractivity contribution is 0.243. The van der Waals surface area contributed by atoms with Gasteiger partial charge in [0.05, 0.1) is 0 Å². The minimum Gasteiger partial charge on any atom is -0.484 e. The second kappa shape index (κ2) is 6.50. The summed E-state index contributed by atoms with van der Waals surface area (Å²) in [7, 11) is 0. The summed E-state index contributed by atoms with van der Waals surface area (Å²) in [5.41, 5.74) is 1.84. The van der Waals surface area contributed by atoms with Gasteiger partial charge in [-0.25, -0.2) is 0 Å². The number of nitrogens with zero attached hydrogens (tertiary/aromatic N) is 2. The van der Waals surface area contributed by atoms with Crippen LogP contribution in [0.3, 0.4) is 0 Å². The monoisotopic (exact) mass is 378 g/mol. The number of halogens is 2. The minimum atomic E-state index is 0.210. The first kappa shape index (κ1) is 15.1. The maximum absolute atomic E-state index is 5.98. The molecule has 3 aromatic rings. The molecule has 22 heavy (non-hydrogen) atoms. The Morgan fingerprint density at radius 2 is 2.09 bits per heavy atom. The molecule has 6 heteroatoms. The molecule has 0 radical (unpaired) electrons. The van der Waals surface area contributed by atoms with Gasteiger partial charge in [0.15, 0.2) is 6.61 Å². The average Bonchev–Trinajstić information content (AvgIpc) is 2.97. The summed E-state index contributed by atoms with van der Waals surface area (Å²) in [6.07, 6.45) is 0. The quantitative estimate of drug-likeness (QED) is 0.637. The zero-order valence-electron chi connectivity index (χ0n) is 11.7. The molecule has 0 fully saturated rings. The van der Waals surface area contributed by atoms with Gasteiger partial charge < -0.3 is 9.26 Å². The third-order valence-corrected chi connectivity index (χ3v) is 3.96. The van der Waals surface area contributed by atoms with E-state index in [2.05, 4.69) is 26.1 Å². The summed E-state index contributed by atoms with van der Waals surface area (Å²) in [5.74, 6) is 1.67. The normalized spacial score (nSPS) is 10.7. The fourth-order valence-electron chi connectivity index (χ4n) is 1.91. The van der Waals surface area contributed by atoms with Crippen molar-refractivity contribution in [2.75, 3.05) is 0 Å². The first-order chi connectivity index (χ1) is 10.6. The van der Waals surface area contributed by atoms with E-state index in [0.717, 1.165) is 15.6 Å². The van der Waals surface area contributed by atoms with Gasteiger partial charge in [-0.15, -0.1) is 0 Å². The van der Waals surface area contributed by atoms with Crippen LogP contribution in [0.5, 0.6) is 5.75 Å². The van der Waals surface area contributed by atoms with Gasteiger partial charge in [0.1, 0.15) is 5.75 Å². The van der Waals surface area contributed by atoms with Crippen LogP contribution in [0.2, 0.25) is 5.02 Å². The third kappa shape index (κ3) is 3.48. The minimum absolute atomic E-state index is 0.210. The molecule has 0 amide bonds. The van der Waals surface area contributed by atoms with Gasteiger partial charge in [-0.1, -0.05) is 44.8 Å². The maximum atomic E-state index is 5.98. The molecule has 0 atom stereocenters. The number of aromatic nitrogens is 2. The predicted octanol–water partition coefficient (Wildman–Crippen LogP) is 5.04. The van der Waals surface area contributed by atoms with Crippen LogP contribution >= 0.6 is 27.5 Å². The average molecular weight is 380 g/mol. The molecule has 1 aromatic heterocycles. The number of rotatable bonds is 4. The second-order valence-electron chi connectivity index (χ2n) is 4.72. The highest BCUT2D eigenvalue weighted by Gasteiger charge is 2.09. The van der Waals surface area contributed by atoms with Crippen molar-refractivity contribution < 1.29 is 9.26 Å². The van der Waals surface area contributed by atoms with Gasteiger partial charge >= 0.3 is 0 Å². The molecule has 0 aliphatic rings. The van der Waals surface area contributed by atoms with E-state index in [1.807, 2.05) is 37.3 Å². The topological polar surface area (TPSA) is 48.2 Å². The predicted molar refractivity (Wildman–Crippen MR) is 88.0 cm³/mol. The molecule has 0 spiro atoms. The van der Waals surface area contributed by atoms with Crippen molar-refractivity contribution >= 4 is 27.5 Å². The Balaban J connectivity index is 1.70. The molecule has 0 saturated carbocycles. The highest BCUT2D eigenvalue weighted by Crippen LogP contribution is 2.23. The van der Waals surface area contributed by atoms with Gasteiger partial charge in [0.2, 0.25) is 5.82 Å². The molecular formula is C16H12BrClN2O2. The van der Waals surface area contributed by atoms with E-state index in [0.29, 0.717) is 22.5 Å². The van der Waals surface area contributed by atoms with Crippen LogP contribution < -0.4 is 4.74 Å². The first-order valence-corrected chi connectivity index (χ1v) is 7.76. The van der Waals surface area contributed by atoms with Crippen LogP contribution in [0.15, 0.2) is 51.5 Å². The van der Waals surface area contributed by atoms with Crippen molar-refractivity contribution in [2.45, 2.75) is 13.5 Å². The SMILES string of the molecule is Cc1cc(OCc2nc(-c3cccc(Br)c3)no2)ccc1Cl. The molecule has 4 nitrogen and oxygen atoms in total. The van der Waals surface area contributed by atoms with E-state index < -0.39 is 0 Å². The van der Waals surface area contributed by atoms with E-state index in [1.165, 1.54) is 0 Å². The lowest BCUT2D eigenvalue weighted by Crippen LogP contribution is -1.96. The lowest BCUT2D eigenvalue weighted by atomic mass is 10.2. The van der Waals surface area contributed by atoms with Gasteiger partial charge in [-0.2, -0.15) is 4.98 Å². The highest BCUT2D eigenvalue weighted by atomic mass is 79.9. The molecule has 0 N–H and O–H groups in total. The van der Waals surface area contributed by atoms with Gasteiger partial charge in [-0.05, 0) is 42.8 Å². The molecule has 0 unspecified atom stereocenters. The summed E-state index contributed by atoms with van der Waals surface area (Å²) in [4.78, 5) is 4.33. The fraction of sp³-hybridized carbons (Fsp3) is 0.125. The third-order valence-electron chi connectivity index (χ3n) is 3.04. The first-order valence-electron chi connectivity index (χ1n) is 6.59. The number of hydrogen-bond donors (Lipinski definition) is 0. The molecule has 0 bridgehead atoms. The summed E-state index contributed by atoms with van der Waals surface area (Å²) in [6, 6.07) is 13.2. The van der Waals surface area contributed by atoms with E-state index in [-0.39, 0.29) is 6.61 Å². The molecule has 0 aliphatic heterocycles. The molecule has 3 rings (SSSR count). The molecular weight excluding hydrogens is 368 g/mol. The second-order valence-corrected chi connectivity index (χ2v) is 6.04. The van der Waals surface area contributed by atoms with Crippen LogP contribution in [0.1, 0.15) is 11.5 Å². The number of benzene rings is 2. The fourth-order valence-corrected chi connectivity index (χ4v) is 2.43. The van der Waals surface area contributed by atoms with Gasteiger partial charge in [0, 0.05) is 15.1 Å². The van der Waals surface area contributed by atoms with E-state index in [4.69, 9.17) is 20.9 Å². The molecule has 0 aliphatic carbocycles. The smallest absolute Gasteiger partial charge is 0.264 e. The van der Waals surface area contributed by atoms with E-state index >= 15 is 0 Å². The standard InChI is InChI=1S/C16H12BrClN2O2/c1-10-7-13(5-6-14(10)18)21-9-15-19-16(20-22-15)11-3-2-4-12(17)8-11/h2-8H,9H2,1H3. The molecule has 112 valence electrons. The maximum Gasteiger partial charge on any atom is 0.264 e. The summed E-state index contributed by atoms with van der Waals surface area (Å²) < 4.78 is 11.8. The summed E-state index contributed by atoms with van der Waals surface area (Å²) in [6.45, 7) is 2.13. The Bertz CT molecular complexity index is 804. The Hall–Kier alpha value is -1.85. The number of ether oxygens (including phenoxy) is 1. The van der Waals surface area contributed by atoms with Crippen LogP contribution in [-0.4, -0.2) is 10.1 Å². The largest absolute Gasteiger partial charge is 0.484 e. The summed E-state index contributed by atoms with van der Waals surface area (Å²) in [5, 5.41) is 4.67. The molecule has 1 heterocycles. The van der Waals surface area contributed by atoms with Crippen molar-refractivity contribution in [3.8, 4) is 17.1 Å². The van der Waals surface area contributed by atoms with E-state index in [1.54, 1.807) is 12.1 Å². The zero-order chi connectivity index (χ0) is 15.5. The van der Waals surface area contributed by atoms with Crippen molar-refractivity contribution in [3.63, 3.8) is 0 Å². The van der Waals surface area contributed by atoms with Crippen molar-refractivity contribution in [3.05, 3.63) is 63.4 Å². The molecule has 2 aromatic carbocycles. The van der Waals surface area contributed by atoms with Gasteiger partial charge in [-0.3, -0.25) is 0 Å². The Labute approximate surface area is 141 Å². The number of hydrogen-bond acceptors (Lipinski definition) is 4. The zero-order valence-corrected chi connectivity index (χ0v) is 14.1. The van der Waals surface area contributed by atoms with E-state index in [9.17, 15) is 0 Å². The van der Waals surface area contributed by atoms with Crippen molar-refractivity contribution in [1.29, 1.82) is 0 Å². The Morgan fingerprint density at radius 1 is 1.23 bits per heavy atom. The van der Waals surface area contributed by atoms with Crippen LogP contribution in [0.4, 0.5) is 0 Å². The van der Waals surface area contributed by atoms with Crippen molar-refractivity contribution in [1.82, 2.24) is 10.1 Å². The van der Waals surface area contributed by atoms with Crippen LogP contribution in [0.25, 0.3) is 11.4 Å². The molecule has 0 saturated heterocycles. The number of aryl methyl sites for hydroxylation is 1. The lowest BCUT2D eigenvalue weighted by Gasteiger charge is -2.04. The van der Waals surface area contributed by atoms with Crippen molar-refractivity contribution in [2.24, 2.45) is 0 Å². The summed E-state index contributed by atoms with van der Waals surface area (Å²) >= 11 is 9.40. The Morgan fingerprint density at radius 3 is 2.86 bits per heavy atom. The highest BCUT2D eigenvalue weighted by molar-refractivity contribution is 9.10. The van der Waals surface area contributed by atoms with Crippen LogP contribution in [0, 0.1) is 6.92 Å².